The van der Waals surface area contributed by atoms with Crippen LogP contribution in [-0.4, -0.2) is 29.8 Å². The van der Waals surface area contributed by atoms with Gasteiger partial charge < -0.3 is 10.2 Å². The van der Waals surface area contributed by atoms with Gasteiger partial charge in [0.15, 0.2) is 11.6 Å². The first kappa shape index (κ1) is 18.0. The van der Waals surface area contributed by atoms with Crippen molar-refractivity contribution in [1.29, 1.82) is 0 Å². The molecule has 2 aromatic rings. The monoisotopic (exact) mass is 358 g/mol. The Bertz CT molecular complexity index is 800. The molecule has 1 N–H and O–H groups in total. The zero-order valence-corrected chi connectivity index (χ0v) is 14.3. The Morgan fingerprint density at radius 1 is 0.962 bits per heavy atom. The van der Waals surface area contributed by atoms with Crippen molar-refractivity contribution >= 4 is 17.5 Å². The number of likely N-dealkylation sites (tertiary alicyclic amines) is 1. The molecule has 0 atom stereocenters. The van der Waals surface area contributed by atoms with Gasteiger partial charge in [-0.15, -0.1) is 0 Å². The largest absolute Gasteiger partial charge is 0.339 e. The Kier molecular flexibility index (Phi) is 5.61. The summed E-state index contributed by atoms with van der Waals surface area (Å²) < 4.78 is 26.1. The molecule has 4 nitrogen and oxygen atoms in total. The van der Waals surface area contributed by atoms with Crippen LogP contribution >= 0.6 is 0 Å². The Labute approximate surface area is 150 Å². The molecule has 26 heavy (non-hydrogen) atoms. The van der Waals surface area contributed by atoms with Crippen LogP contribution in [0.3, 0.4) is 0 Å². The molecule has 1 saturated heterocycles. The number of carbonyl (C=O) groups is 2. The van der Waals surface area contributed by atoms with Gasteiger partial charge in [0.1, 0.15) is 0 Å². The van der Waals surface area contributed by atoms with Crippen molar-refractivity contribution < 1.29 is 18.4 Å². The van der Waals surface area contributed by atoms with E-state index in [1.165, 1.54) is 6.07 Å². The Hall–Kier alpha value is -2.76. The Morgan fingerprint density at radius 2 is 1.65 bits per heavy atom. The standard InChI is InChI=1S/C20H20F2N2O2/c21-17-9-3-14(13-18(17)22)4-10-19(25)23-16-7-5-15(6-8-16)20(26)24-11-1-2-12-24/h3,5-9,13H,1-2,4,10-12H2,(H,23,25). The molecule has 0 bridgehead atoms. The molecular formula is C20H20F2N2O2. The zero-order valence-electron chi connectivity index (χ0n) is 14.3. The van der Waals surface area contributed by atoms with E-state index >= 15 is 0 Å². The summed E-state index contributed by atoms with van der Waals surface area (Å²) in [5.74, 6) is -2.03. The first-order valence-corrected chi connectivity index (χ1v) is 8.66. The van der Waals surface area contributed by atoms with E-state index in [4.69, 9.17) is 0 Å². The zero-order chi connectivity index (χ0) is 18.5. The molecule has 6 heteroatoms. The fraction of sp³-hybridized carbons (Fsp3) is 0.300. The van der Waals surface area contributed by atoms with Crippen LogP contribution in [0.2, 0.25) is 0 Å². The normalized spacial score (nSPS) is 13.7. The SMILES string of the molecule is O=C(CCc1ccc(F)c(F)c1)Nc1ccc(C(=O)N2CCCC2)cc1. The molecule has 1 fully saturated rings. The van der Waals surface area contributed by atoms with Crippen LogP contribution in [-0.2, 0) is 11.2 Å². The maximum Gasteiger partial charge on any atom is 0.253 e. The van der Waals surface area contributed by atoms with Crippen molar-refractivity contribution in [3.8, 4) is 0 Å². The van der Waals surface area contributed by atoms with Crippen LogP contribution in [0.15, 0.2) is 42.5 Å². The van der Waals surface area contributed by atoms with Crippen molar-refractivity contribution in [2.24, 2.45) is 0 Å². The van der Waals surface area contributed by atoms with Gasteiger partial charge in [-0.25, -0.2) is 8.78 Å². The quantitative estimate of drug-likeness (QED) is 0.884. The van der Waals surface area contributed by atoms with Gasteiger partial charge in [-0.05, 0) is 61.2 Å². The van der Waals surface area contributed by atoms with Crippen LogP contribution in [0.1, 0.15) is 35.2 Å². The van der Waals surface area contributed by atoms with Crippen LogP contribution < -0.4 is 5.32 Å². The van der Waals surface area contributed by atoms with E-state index in [0.29, 0.717) is 23.2 Å². The third-order valence-corrected chi connectivity index (χ3v) is 4.43. The van der Waals surface area contributed by atoms with Gasteiger partial charge in [-0.1, -0.05) is 6.07 Å². The lowest BCUT2D eigenvalue weighted by Gasteiger charge is -2.15. The lowest BCUT2D eigenvalue weighted by Crippen LogP contribution is -2.27. The first-order valence-electron chi connectivity index (χ1n) is 8.66. The number of halogens is 2. The fourth-order valence-corrected chi connectivity index (χ4v) is 2.98. The number of nitrogens with one attached hydrogen (secondary N) is 1. The molecule has 1 aliphatic heterocycles. The average Bonchev–Trinajstić information content (AvgIpc) is 3.17. The summed E-state index contributed by atoms with van der Waals surface area (Å²) in [6.45, 7) is 1.59. The van der Waals surface area contributed by atoms with Crippen LogP contribution in [0.5, 0.6) is 0 Å². The highest BCUT2D eigenvalue weighted by atomic mass is 19.2. The summed E-state index contributed by atoms with van der Waals surface area (Å²) in [7, 11) is 0. The number of hydrogen-bond acceptors (Lipinski definition) is 2. The molecule has 0 aromatic heterocycles. The predicted octanol–water partition coefficient (Wildman–Crippen LogP) is 3.77. The van der Waals surface area contributed by atoms with E-state index in [1.807, 2.05) is 4.90 Å². The molecule has 3 rings (SSSR count). The lowest BCUT2D eigenvalue weighted by molar-refractivity contribution is -0.116. The minimum absolute atomic E-state index is 0.0127. The summed E-state index contributed by atoms with van der Waals surface area (Å²) in [4.78, 5) is 26.1. The van der Waals surface area contributed by atoms with E-state index < -0.39 is 11.6 Å². The minimum Gasteiger partial charge on any atom is -0.339 e. The van der Waals surface area contributed by atoms with Crippen LogP contribution in [0.4, 0.5) is 14.5 Å². The number of benzene rings is 2. The number of aryl methyl sites for hydroxylation is 1. The number of amides is 2. The van der Waals surface area contributed by atoms with Crippen molar-refractivity contribution in [2.45, 2.75) is 25.7 Å². The van der Waals surface area contributed by atoms with Crippen molar-refractivity contribution in [1.82, 2.24) is 4.90 Å². The predicted molar refractivity (Wildman–Crippen MR) is 94.9 cm³/mol. The minimum atomic E-state index is -0.916. The smallest absolute Gasteiger partial charge is 0.253 e. The Balaban J connectivity index is 1.52. The summed E-state index contributed by atoms with van der Waals surface area (Å²) in [5, 5.41) is 2.74. The van der Waals surface area contributed by atoms with Gasteiger partial charge in [0, 0.05) is 30.8 Å². The van der Waals surface area contributed by atoms with Crippen LogP contribution in [0.25, 0.3) is 0 Å². The van der Waals surface area contributed by atoms with Gasteiger partial charge >= 0.3 is 0 Å². The summed E-state index contributed by atoms with van der Waals surface area (Å²) in [6, 6.07) is 10.4. The van der Waals surface area contributed by atoms with Gasteiger partial charge in [0.25, 0.3) is 5.91 Å². The molecule has 0 unspecified atom stereocenters. The number of nitrogens with zero attached hydrogens (tertiary/aromatic N) is 1. The topological polar surface area (TPSA) is 49.4 Å². The highest BCUT2D eigenvalue weighted by molar-refractivity contribution is 5.96. The average molecular weight is 358 g/mol. The second-order valence-electron chi connectivity index (χ2n) is 6.37. The maximum absolute atomic E-state index is 13.2. The molecule has 2 amide bonds. The fourth-order valence-electron chi connectivity index (χ4n) is 2.98. The molecule has 0 aliphatic carbocycles. The molecule has 2 aromatic carbocycles. The van der Waals surface area contributed by atoms with E-state index in [9.17, 15) is 18.4 Å². The number of hydrogen-bond donors (Lipinski definition) is 1. The van der Waals surface area contributed by atoms with Crippen LogP contribution in [0, 0.1) is 11.6 Å². The molecule has 1 heterocycles. The van der Waals surface area contributed by atoms with Gasteiger partial charge in [-0.2, -0.15) is 0 Å². The van der Waals surface area contributed by atoms with E-state index in [-0.39, 0.29) is 18.2 Å². The number of rotatable bonds is 5. The second-order valence-corrected chi connectivity index (χ2v) is 6.37. The molecule has 0 saturated carbocycles. The van der Waals surface area contributed by atoms with E-state index in [2.05, 4.69) is 5.32 Å². The number of carbonyl (C=O) groups excluding carboxylic acids is 2. The Morgan fingerprint density at radius 3 is 2.31 bits per heavy atom. The third kappa shape index (κ3) is 4.45. The molecule has 0 spiro atoms. The van der Waals surface area contributed by atoms with Crippen molar-refractivity contribution in [3.63, 3.8) is 0 Å². The van der Waals surface area contributed by atoms with Gasteiger partial charge in [0.2, 0.25) is 5.91 Å². The molecule has 1 aliphatic rings. The summed E-state index contributed by atoms with van der Waals surface area (Å²) in [6.07, 6.45) is 2.55. The lowest BCUT2D eigenvalue weighted by atomic mass is 10.1. The van der Waals surface area contributed by atoms with Crippen molar-refractivity contribution in [2.75, 3.05) is 18.4 Å². The summed E-state index contributed by atoms with van der Waals surface area (Å²) >= 11 is 0. The highest BCUT2D eigenvalue weighted by Gasteiger charge is 2.19. The highest BCUT2D eigenvalue weighted by Crippen LogP contribution is 2.16. The third-order valence-electron chi connectivity index (χ3n) is 4.43. The van der Waals surface area contributed by atoms with Gasteiger partial charge in [0.05, 0.1) is 0 Å². The maximum atomic E-state index is 13.2. The summed E-state index contributed by atoms with van der Waals surface area (Å²) in [5.41, 5.74) is 1.76. The van der Waals surface area contributed by atoms with Crippen molar-refractivity contribution in [3.05, 3.63) is 65.2 Å². The first-order chi connectivity index (χ1) is 12.5. The second kappa shape index (κ2) is 8.08. The molecule has 136 valence electrons. The molecular weight excluding hydrogens is 338 g/mol. The van der Waals surface area contributed by atoms with E-state index in [1.54, 1.807) is 24.3 Å². The number of anilines is 1. The van der Waals surface area contributed by atoms with Gasteiger partial charge in [-0.3, -0.25) is 9.59 Å². The molecule has 0 radical (unpaired) electrons. The van der Waals surface area contributed by atoms with E-state index in [0.717, 1.165) is 38.1 Å².